The Hall–Kier alpha value is -4.52. The molecule has 3 aromatic carbocycles. The van der Waals surface area contributed by atoms with Crippen molar-refractivity contribution in [2.75, 3.05) is 5.32 Å². The fourth-order valence-corrected chi connectivity index (χ4v) is 6.31. The molecule has 3 heterocycles. The molecule has 45 heavy (non-hydrogen) atoms. The first-order valence-electron chi connectivity index (χ1n) is 14.9. The summed E-state index contributed by atoms with van der Waals surface area (Å²) < 4.78 is 0. The number of hydrogen-bond acceptors (Lipinski definition) is 4. The number of aromatic amines is 1. The molecule has 3 aromatic heterocycles. The molecule has 0 radical (unpaired) electrons. The number of H-pyrrole nitrogens is 1. The highest BCUT2D eigenvalue weighted by Gasteiger charge is 2.35. The van der Waals surface area contributed by atoms with Crippen LogP contribution in [0.15, 0.2) is 85.1 Å². The summed E-state index contributed by atoms with van der Waals surface area (Å²) in [4.78, 5) is 31.9. The van der Waals surface area contributed by atoms with Crippen molar-refractivity contribution in [2.24, 2.45) is 11.3 Å². The molecule has 0 saturated carbocycles. The van der Waals surface area contributed by atoms with Gasteiger partial charge in [0.25, 0.3) is 5.91 Å². The fourth-order valence-electron chi connectivity index (χ4n) is 6.07. The van der Waals surface area contributed by atoms with Crippen molar-refractivity contribution in [1.29, 1.82) is 0 Å². The SMILES string of the molecule is CC(C)(C)C1C/C(=C/c2ccc(Cl)cc2)c2nc3ccccc3c(C(=O)Nc3ccc4nc(-c5ccc(Cl)cn5)[nH]c4c3)c2C1. The van der Waals surface area contributed by atoms with Crippen molar-refractivity contribution in [1.82, 2.24) is 19.9 Å². The lowest BCUT2D eigenvalue weighted by molar-refractivity contribution is 0.102. The summed E-state index contributed by atoms with van der Waals surface area (Å²) in [5, 5.41) is 5.29. The molecule has 1 aliphatic rings. The number of aromatic nitrogens is 4. The van der Waals surface area contributed by atoms with Gasteiger partial charge in [-0.3, -0.25) is 9.78 Å². The zero-order valence-electron chi connectivity index (χ0n) is 25.2. The molecule has 1 amide bonds. The average molecular weight is 633 g/mol. The highest BCUT2D eigenvalue weighted by molar-refractivity contribution is 6.30. The minimum absolute atomic E-state index is 0.0263. The standard InChI is InChI=1S/C37H31Cl2N5O/c1-37(2,3)23-17-22(16-21-8-10-24(38)11-9-21)34-28(18-23)33(27-6-4-5-7-29(27)42-34)36(45)41-26-13-15-30-32(19-26)44-35(43-30)31-14-12-25(39)20-40-31/h4-16,19-20,23H,17-18H2,1-3H3,(H,41,45)(H,43,44)/b22-16-. The van der Waals surface area contributed by atoms with Gasteiger partial charge in [-0.25, -0.2) is 9.97 Å². The number of halogens is 2. The van der Waals surface area contributed by atoms with E-state index < -0.39 is 0 Å². The molecule has 1 unspecified atom stereocenters. The Labute approximate surface area is 271 Å². The lowest BCUT2D eigenvalue weighted by atomic mass is 9.69. The van der Waals surface area contributed by atoms with Crippen LogP contribution in [0.25, 0.3) is 45.1 Å². The second-order valence-corrected chi connectivity index (χ2v) is 13.5. The van der Waals surface area contributed by atoms with Gasteiger partial charge < -0.3 is 10.3 Å². The zero-order valence-corrected chi connectivity index (χ0v) is 26.7. The van der Waals surface area contributed by atoms with Gasteiger partial charge in [-0.2, -0.15) is 0 Å². The predicted molar refractivity (Wildman–Crippen MR) is 185 cm³/mol. The molecule has 224 valence electrons. The molecule has 8 heteroatoms. The molecular formula is C37H31Cl2N5O. The Morgan fingerprint density at radius 2 is 1.69 bits per heavy atom. The molecule has 0 bridgehead atoms. The maximum Gasteiger partial charge on any atom is 0.256 e. The number of fused-ring (bicyclic) bond motifs is 3. The van der Waals surface area contributed by atoms with Crippen LogP contribution >= 0.6 is 23.2 Å². The van der Waals surface area contributed by atoms with Crippen LogP contribution in [0, 0.1) is 11.3 Å². The molecule has 1 aliphatic carbocycles. The van der Waals surface area contributed by atoms with E-state index in [4.69, 9.17) is 28.2 Å². The van der Waals surface area contributed by atoms with Crippen LogP contribution in [0.4, 0.5) is 5.69 Å². The summed E-state index contributed by atoms with van der Waals surface area (Å²) in [5.41, 5.74) is 8.46. The largest absolute Gasteiger partial charge is 0.337 e. The summed E-state index contributed by atoms with van der Waals surface area (Å²) in [6.07, 6.45) is 5.41. The molecule has 1 atom stereocenters. The van der Waals surface area contributed by atoms with E-state index >= 15 is 0 Å². The Kier molecular flexibility index (Phi) is 7.43. The van der Waals surface area contributed by atoms with E-state index in [0.717, 1.165) is 57.2 Å². The monoisotopic (exact) mass is 631 g/mol. The number of hydrogen-bond donors (Lipinski definition) is 2. The normalized spacial score (nSPS) is 15.8. The number of imidazole rings is 1. The maximum absolute atomic E-state index is 14.3. The summed E-state index contributed by atoms with van der Waals surface area (Å²) in [6.45, 7) is 6.80. The van der Waals surface area contributed by atoms with Crippen molar-refractivity contribution in [3.63, 3.8) is 0 Å². The molecule has 0 fully saturated rings. The van der Waals surface area contributed by atoms with E-state index in [1.165, 1.54) is 0 Å². The molecular weight excluding hydrogens is 601 g/mol. The Balaban J connectivity index is 1.31. The Bertz CT molecular complexity index is 2110. The zero-order chi connectivity index (χ0) is 31.3. The smallest absolute Gasteiger partial charge is 0.256 e. The van der Waals surface area contributed by atoms with Crippen LogP contribution in [0.3, 0.4) is 0 Å². The first kappa shape index (κ1) is 29.2. The van der Waals surface area contributed by atoms with E-state index in [9.17, 15) is 4.79 Å². The van der Waals surface area contributed by atoms with E-state index in [1.807, 2.05) is 72.8 Å². The molecule has 0 aliphatic heterocycles. The highest BCUT2D eigenvalue weighted by atomic mass is 35.5. The van der Waals surface area contributed by atoms with Crippen LogP contribution in [-0.2, 0) is 6.42 Å². The summed E-state index contributed by atoms with van der Waals surface area (Å²) in [7, 11) is 0. The van der Waals surface area contributed by atoms with Crippen LogP contribution in [0.5, 0.6) is 0 Å². The van der Waals surface area contributed by atoms with Crippen molar-refractivity contribution in [2.45, 2.75) is 33.6 Å². The molecule has 6 nitrogen and oxygen atoms in total. The molecule has 2 N–H and O–H groups in total. The first-order valence-corrected chi connectivity index (χ1v) is 15.7. The number of amides is 1. The highest BCUT2D eigenvalue weighted by Crippen LogP contribution is 2.45. The number of pyridine rings is 2. The second kappa shape index (κ2) is 11.4. The topological polar surface area (TPSA) is 83.6 Å². The third-order valence-electron chi connectivity index (χ3n) is 8.59. The third-order valence-corrected chi connectivity index (χ3v) is 9.06. The van der Waals surface area contributed by atoms with Gasteiger partial charge in [0.15, 0.2) is 5.82 Å². The number of nitrogens with zero attached hydrogens (tertiary/aromatic N) is 3. The summed E-state index contributed by atoms with van der Waals surface area (Å²) >= 11 is 12.2. The van der Waals surface area contributed by atoms with Crippen molar-refractivity contribution < 1.29 is 4.79 Å². The fraction of sp³-hybridized carbons (Fsp3) is 0.189. The third kappa shape index (κ3) is 5.84. The number of anilines is 1. The van der Waals surface area contributed by atoms with Gasteiger partial charge in [0, 0.05) is 22.3 Å². The number of rotatable bonds is 4. The number of allylic oxidation sites excluding steroid dienone is 1. The number of carbonyl (C=O) groups is 1. The van der Waals surface area contributed by atoms with Gasteiger partial charge in [0.2, 0.25) is 0 Å². The van der Waals surface area contributed by atoms with Crippen molar-refractivity contribution in [3.05, 3.63) is 117 Å². The molecule has 6 aromatic rings. The van der Waals surface area contributed by atoms with Crippen LogP contribution < -0.4 is 5.32 Å². The van der Waals surface area contributed by atoms with Crippen molar-refractivity contribution >= 4 is 68.4 Å². The van der Waals surface area contributed by atoms with E-state index in [1.54, 1.807) is 12.3 Å². The molecule has 0 saturated heterocycles. The lowest BCUT2D eigenvalue weighted by Gasteiger charge is -2.37. The Morgan fingerprint density at radius 1 is 0.911 bits per heavy atom. The number of nitrogens with one attached hydrogen (secondary N) is 2. The average Bonchev–Trinajstić information content (AvgIpc) is 3.44. The first-order chi connectivity index (χ1) is 21.6. The van der Waals surface area contributed by atoms with Gasteiger partial charge >= 0.3 is 0 Å². The quantitative estimate of drug-likeness (QED) is 0.203. The minimum Gasteiger partial charge on any atom is -0.337 e. The number of benzene rings is 3. The second-order valence-electron chi connectivity index (χ2n) is 12.7. The van der Waals surface area contributed by atoms with Crippen LogP contribution in [0.1, 0.15) is 54.4 Å². The minimum atomic E-state index is -0.163. The lowest BCUT2D eigenvalue weighted by Crippen LogP contribution is -2.29. The van der Waals surface area contributed by atoms with E-state index in [-0.39, 0.29) is 11.3 Å². The van der Waals surface area contributed by atoms with E-state index in [2.05, 4.69) is 47.1 Å². The van der Waals surface area contributed by atoms with Crippen LogP contribution in [-0.4, -0.2) is 25.8 Å². The van der Waals surface area contributed by atoms with Gasteiger partial charge in [0.05, 0.1) is 32.8 Å². The van der Waals surface area contributed by atoms with Gasteiger partial charge in [-0.15, -0.1) is 0 Å². The number of para-hydroxylation sites is 1. The summed E-state index contributed by atoms with van der Waals surface area (Å²) in [5.74, 6) is 0.788. The maximum atomic E-state index is 14.3. The van der Waals surface area contributed by atoms with Crippen LogP contribution in [0.2, 0.25) is 10.0 Å². The Morgan fingerprint density at radius 3 is 2.44 bits per heavy atom. The van der Waals surface area contributed by atoms with Gasteiger partial charge in [0.1, 0.15) is 5.69 Å². The predicted octanol–water partition coefficient (Wildman–Crippen LogP) is 9.88. The van der Waals surface area contributed by atoms with Gasteiger partial charge in [-0.1, -0.05) is 74.3 Å². The van der Waals surface area contributed by atoms with Crippen molar-refractivity contribution in [3.8, 4) is 11.5 Å². The molecule has 0 spiro atoms. The molecule has 7 rings (SSSR count). The van der Waals surface area contributed by atoms with Gasteiger partial charge in [-0.05, 0) is 95.5 Å². The van der Waals surface area contributed by atoms with E-state index in [0.29, 0.717) is 38.7 Å². The summed E-state index contributed by atoms with van der Waals surface area (Å²) in [6, 6.07) is 25.0. The number of carbonyl (C=O) groups excluding carboxylic acids is 1.